The Labute approximate surface area is 116 Å². The minimum absolute atomic E-state index is 0. The van der Waals surface area contributed by atoms with Crippen LogP contribution in [-0.2, 0) is 0 Å². The van der Waals surface area contributed by atoms with Gasteiger partial charge in [0.25, 0.3) is 0 Å². The fourth-order valence-electron chi connectivity index (χ4n) is 0.789. The molecule has 13 heavy (non-hydrogen) atoms. The van der Waals surface area contributed by atoms with Gasteiger partial charge in [0.2, 0.25) is 0 Å². The molecule has 0 aromatic rings. The SMILES string of the molecule is [CH2-]CC/C=C/C=C\CCCC.[I-].[Mg+2]. The topological polar surface area (TPSA) is 0 Å². The molecular formula is C11H19IMg. The van der Waals surface area contributed by atoms with E-state index in [0.717, 1.165) is 12.8 Å². The van der Waals surface area contributed by atoms with Crippen LogP contribution >= 0.6 is 0 Å². The van der Waals surface area contributed by atoms with Crippen LogP contribution in [0.2, 0.25) is 0 Å². The summed E-state index contributed by atoms with van der Waals surface area (Å²) >= 11 is 0. The molecule has 0 N–H and O–H groups in total. The first-order valence-corrected chi connectivity index (χ1v) is 4.52. The standard InChI is InChI=1S/C11H19.HI.Mg/c1-3-5-7-9-11-10-8-6-4-2;;/h7,9-11H,1,3-6,8H2,2H3;1H;/q-1;;+2/p-1/b9-7+,11-10-;;. The molecule has 0 atom stereocenters. The quantitative estimate of drug-likeness (QED) is 0.221. The van der Waals surface area contributed by atoms with E-state index in [-0.39, 0.29) is 47.0 Å². The third-order valence-electron chi connectivity index (χ3n) is 1.48. The Bertz CT molecular complexity index is 119. The summed E-state index contributed by atoms with van der Waals surface area (Å²) in [6.07, 6.45) is 14.5. The molecule has 0 nitrogen and oxygen atoms in total. The second-order valence-corrected chi connectivity index (χ2v) is 2.64. The molecule has 0 spiro atoms. The van der Waals surface area contributed by atoms with Crippen molar-refractivity contribution >= 4 is 23.1 Å². The summed E-state index contributed by atoms with van der Waals surface area (Å²) in [5.41, 5.74) is 0. The summed E-state index contributed by atoms with van der Waals surface area (Å²) in [6.45, 7) is 5.97. The van der Waals surface area contributed by atoms with Gasteiger partial charge in [0.15, 0.2) is 0 Å². The van der Waals surface area contributed by atoms with Crippen molar-refractivity contribution in [2.75, 3.05) is 0 Å². The van der Waals surface area contributed by atoms with Crippen molar-refractivity contribution in [1.29, 1.82) is 0 Å². The Kier molecular flexibility index (Phi) is 28.1. The molecule has 0 aliphatic heterocycles. The van der Waals surface area contributed by atoms with Gasteiger partial charge in [-0.2, -0.15) is 6.42 Å². The van der Waals surface area contributed by atoms with Gasteiger partial charge in [-0.25, -0.2) is 0 Å². The molecule has 72 valence electrons. The van der Waals surface area contributed by atoms with Crippen LogP contribution in [0.5, 0.6) is 0 Å². The maximum absolute atomic E-state index is 3.76. The Balaban J connectivity index is -0.000000500. The molecule has 2 heteroatoms. The van der Waals surface area contributed by atoms with E-state index in [1.165, 1.54) is 19.3 Å². The van der Waals surface area contributed by atoms with Crippen molar-refractivity contribution in [3.05, 3.63) is 31.2 Å². The second kappa shape index (κ2) is 18.7. The van der Waals surface area contributed by atoms with E-state index in [4.69, 9.17) is 0 Å². The maximum Gasteiger partial charge on any atom is 2.00 e. The smallest absolute Gasteiger partial charge is 1.00 e. The fourth-order valence-corrected chi connectivity index (χ4v) is 0.789. The number of allylic oxidation sites excluding steroid dienone is 4. The molecule has 0 saturated carbocycles. The van der Waals surface area contributed by atoms with Crippen molar-refractivity contribution in [2.45, 2.75) is 39.0 Å². The number of unbranched alkanes of at least 4 members (excludes halogenated alkanes) is 3. The first-order chi connectivity index (χ1) is 5.41. The van der Waals surface area contributed by atoms with E-state index < -0.39 is 0 Å². The minimum Gasteiger partial charge on any atom is -1.00 e. The van der Waals surface area contributed by atoms with Crippen LogP contribution in [0.3, 0.4) is 0 Å². The van der Waals surface area contributed by atoms with Gasteiger partial charge in [-0.15, -0.1) is 0 Å². The number of rotatable bonds is 6. The van der Waals surface area contributed by atoms with E-state index in [1.807, 2.05) is 0 Å². The summed E-state index contributed by atoms with van der Waals surface area (Å²) in [5.74, 6) is 0. The first-order valence-electron chi connectivity index (χ1n) is 4.52. The molecule has 0 heterocycles. The Morgan fingerprint density at radius 3 is 2.08 bits per heavy atom. The van der Waals surface area contributed by atoms with E-state index in [1.54, 1.807) is 0 Å². The summed E-state index contributed by atoms with van der Waals surface area (Å²) < 4.78 is 0. The van der Waals surface area contributed by atoms with E-state index >= 15 is 0 Å². The van der Waals surface area contributed by atoms with Crippen LogP contribution in [-0.4, -0.2) is 23.1 Å². The van der Waals surface area contributed by atoms with Crippen LogP contribution in [0.15, 0.2) is 24.3 Å². The predicted octanol–water partition coefficient (Wildman–Crippen LogP) is 0.526. The third-order valence-corrected chi connectivity index (χ3v) is 1.48. The Morgan fingerprint density at radius 1 is 1.08 bits per heavy atom. The molecule has 0 aromatic heterocycles. The van der Waals surface area contributed by atoms with Crippen molar-refractivity contribution in [3.8, 4) is 0 Å². The Morgan fingerprint density at radius 2 is 1.62 bits per heavy atom. The van der Waals surface area contributed by atoms with Crippen molar-refractivity contribution in [1.82, 2.24) is 0 Å². The molecule has 0 radical (unpaired) electrons. The molecule has 0 bridgehead atoms. The molecule has 0 aromatic carbocycles. The van der Waals surface area contributed by atoms with Crippen LogP contribution in [0, 0.1) is 6.92 Å². The molecule has 0 amide bonds. The third kappa shape index (κ3) is 19.4. The van der Waals surface area contributed by atoms with Gasteiger partial charge >= 0.3 is 23.1 Å². The molecule has 0 fully saturated rings. The zero-order chi connectivity index (χ0) is 8.36. The van der Waals surface area contributed by atoms with Gasteiger partial charge in [-0.05, 0) is 6.42 Å². The van der Waals surface area contributed by atoms with Gasteiger partial charge in [-0.1, -0.05) is 50.5 Å². The van der Waals surface area contributed by atoms with Gasteiger partial charge < -0.3 is 30.9 Å². The monoisotopic (exact) mass is 302 g/mol. The summed E-state index contributed by atoms with van der Waals surface area (Å²) in [6, 6.07) is 0. The summed E-state index contributed by atoms with van der Waals surface area (Å²) in [7, 11) is 0. The van der Waals surface area contributed by atoms with Gasteiger partial charge in [-0.3, -0.25) is 0 Å². The molecular weight excluding hydrogens is 283 g/mol. The largest absolute Gasteiger partial charge is 2.00 e. The van der Waals surface area contributed by atoms with E-state index in [2.05, 4.69) is 38.2 Å². The number of hydrogen-bond acceptors (Lipinski definition) is 0. The zero-order valence-electron chi connectivity index (χ0n) is 8.64. The van der Waals surface area contributed by atoms with Crippen LogP contribution in [0.4, 0.5) is 0 Å². The van der Waals surface area contributed by atoms with Gasteiger partial charge in [0, 0.05) is 0 Å². The van der Waals surface area contributed by atoms with Gasteiger partial charge in [0.1, 0.15) is 0 Å². The number of hydrogen-bond donors (Lipinski definition) is 0. The molecule has 0 aliphatic carbocycles. The molecule has 0 aliphatic rings. The normalized spacial score (nSPS) is 10.0. The van der Waals surface area contributed by atoms with Crippen molar-refractivity contribution < 1.29 is 24.0 Å². The van der Waals surface area contributed by atoms with Gasteiger partial charge in [0.05, 0.1) is 0 Å². The molecule has 0 saturated heterocycles. The molecule has 0 unspecified atom stereocenters. The fraction of sp³-hybridized carbons (Fsp3) is 0.545. The van der Waals surface area contributed by atoms with E-state index in [9.17, 15) is 0 Å². The zero-order valence-corrected chi connectivity index (χ0v) is 12.2. The van der Waals surface area contributed by atoms with Crippen molar-refractivity contribution in [2.24, 2.45) is 0 Å². The van der Waals surface area contributed by atoms with E-state index in [0.29, 0.717) is 0 Å². The second-order valence-electron chi connectivity index (χ2n) is 2.64. The molecule has 0 rings (SSSR count). The number of halogens is 1. The first kappa shape index (κ1) is 19.5. The summed E-state index contributed by atoms with van der Waals surface area (Å²) in [5, 5.41) is 0. The van der Waals surface area contributed by atoms with Crippen molar-refractivity contribution in [3.63, 3.8) is 0 Å². The average molecular weight is 302 g/mol. The Hall–Kier alpha value is 0.976. The predicted molar refractivity (Wildman–Crippen MR) is 58.2 cm³/mol. The van der Waals surface area contributed by atoms with Crippen LogP contribution in [0.25, 0.3) is 0 Å². The minimum atomic E-state index is 0. The maximum atomic E-state index is 3.76. The van der Waals surface area contributed by atoms with Crippen LogP contribution in [0.1, 0.15) is 39.0 Å². The van der Waals surface area contributed by atoms with Crippen LogP contribution < -0.4 is 24.0 Å². The summed E-state index contributed by atoms with van der Waals surface area (Å²) in [4.78, 5) is 0. The average Bonchev–Trinajstić information content (AvgIpc) is 2.03.